The van der Waals surface area contributed by atoms with E-state index in [4.69, 9.17) is 5.11 Å². The number of rotatable bonds is 2. The van der Waals surface area contributed by atoms with E-state index in [1.165, 1.54) is 0 Å². The molecular weight excluding hydrogens is 228 g/mol. The van der Waals surface area contributed by atoms with Gasteiger partial charge in [0.05, 0.1) is 5.56 Å². The van der Waals surface area contributed by atoms with E-state index < -0.39 is 29.1 Å². The summed E-state index contributed by atoms with van der Waals surface area (Å²) in [6, 6.07) is 2.43. The lowest BCUT2D eigenvalue weighted by molar-refractivity contribution is -0.138. The van der Waals surface area contributed by atoms with Gasteiger partial charge in [0.25, 0.3) is 0 Å². The molecule has 0 atom stereocenters. The molecule has 0 radical (unpaired) electrons. The molecule has 0 aliphatic heterocycles. The van der Waals surface area contributed by atoms with Gasteiger partial charge in [0.2, 0.25) is 0 Å². The Hall–Kier alpha value is -1.85. The van der Waals surface area contributed by atoms with Crippen molar-refractivity contribution in [2.75, 3.05) is 0 Å². The zero-order valence-electron chi connectivity index (χ0n) is 7.75. The molecule has 0 unspecified atom stereocenters. The van der Waals surface area contributed by atoms with Crippen molar-refractivity contribution in [3.05, 3.63) is 41.2 Å². The summed E-state index contributed by atoms with van der Waals surface area (Å²) in [5.74, 6) is -2.57. The van der Waals surface area contributed by atoms with Crippen LogP contribution < -0.4 is 0 Å². The monoisotopic (exact) mass is 234 g/mol. The molecule has 16 heavy (non-hydrogen) atoms. The summed E-state index contributed by atoms with van der Waals surface area (Å²) in [6.07, 6.45) is -3.69. The lowest BCUT2D eigenvalue weighted by atomic mass is 10.1. The van der Waals surface area contributed by atoms with Crippen LogP contribution in [-0.2, 0) is 11.0 Å². The first-order valence-corrected chi connectivity index (χ1v) is 4.09. The van der Waals surface area contributed by atoms with Gasteiger partial charge in [-0.25, -0.2) is 9.18 Å². The molecule has 0 aliphatic rings. The highest BCUT2D eigenvalue weighted by atomic mass is 19.4. The number of halogens is 4. The van der Waals surface area contributed by atoms with Crippen LogP contribution in [0.4, 0.5) is 17.6 Å². The van der Waals surface area contributed by atoms with Gasteiger partial charge in [-0.1, -0.05) is 6.07 Å². The van der Waals surface area contributed by atoms with Crippen LogP contribution in [0.15, 0.2) is 24.3 Å². The third-order valence-electron chi connectivity index (χ3n) is 1.75. The van der Waals surface area contributed by atoms with Crippen molar-refractivity contribution in [2.45, 2.75) is 6.18 Å². The van der Waals surface area contributed by atoms with E-state index in [-0.39, 0.29) is 0 Å². The molecule has 1 rings (SSSR count). The molecule has 0 saturated heterocycles. The second-order valence-electron chi connectivity index (χ2n) is 2.87. The maximum Gasteiger partial charge on any atom is 0.417 e. The topological polar surface area (TPSA) is 37.3 Å². The first-order chi connectivity index (χ1) is 7.32. The van der Waals surface area contributed by atoms with Gasteiger partial charge < -0.3 is 5.11 Å². The molecule has 86 valence electrons. The lowest BCUT2D eigenvalue weighted by Gasteiger charge is -2.10. The number of aliphatic carboxylic acids is 1. The van der Waals surface area contributed by atoms with Crippen molar-refractivity contribution in [1.82, 2.24) is 0 Å². The van der Waals surface area contributed by atoms with Crippen LogP contribution in [0.25, 0.3) is 6.08 Å². The number of carbonyl (C=O) groups is 1. The maximum absolute atomic E-state index is 13.1. The summed E-state index contributed by atoms with van der Waals surface area (Å²) in [5, 5.41) is 8.27. The smallest absolute Gasteiger partial charge is 0.417 e. The highest BCUT2D eigenvalue weighted by molar-refractivity contribution is 5.85. The van der Waals surface area contributed by atoms with E-state index in [2.05, 4.69) is 0 Å². The molecular formula is C10H6F4O2. The molecule has 0 amide bonds. The van der Waals surface area contributed by atoms with E-state index in [1.807, 2.05) is 0 Å². The number of carboxylic acid groups (broad SMARTS) is 1. The standard InChI is InChI=1S/C10H6F4O2/c11-8-3-1-2-7(10(12,13)14)6(8)4-5-9(15)16/h1-5H,(H,15,16)/b5-4+. The summed E-state index contributed by atoms with van der Waals surface area (Å²) in [5.41, 5.74) is -1.98. The van der Waals surface area contributed by atoms with Gasteiger partial charge in [0.1, 0.15) is 5.82 Å². The molecule has 0 heterocycles. The average Bonchev–Trinajstić information content (AvgIpc) is 2.13. The van der Waals surface area contributed by atoms with Crippen LogP contribution >= 0.6 is 0 Å². The fraction of sp³-hybridized carbons (Fsp3) is 0.100. The predicted molar refractivity (Wildman–Crippen MR) is 48.1 cm³/mol. The molecule has 1 N–H and O–H groups in total. The minimum absolute atomic E-state index is 0.452. The SMILES string of the molecule is O=C(O)/C=C/c1c(F)cccc1C(F)(F)F. The van der Waals surface area contributed by atoms with E-state index in [0.29, 0.717) is 18.2 Å². The minimum atomic E-state index is -4.72. The van der Waals surface area contributed by atoms with Crippen LogP contribution in [0.3, 0.4) is 0 Å². The number of carboxylic acids is 1. The van der Waals surface area contributed by atoms with Gasteiger partial charge in [-0.2, -0.15) is 13.2 Å². The summed E-state index contributed by atoms with van der Waals surface area (Å²) >= 11 is 0. The summed E-state index contributed by atoms with van der Waals surface area (Å²) < 4.78 is 50.3. The zero-order chi connectivity index (χ0) is 12.3. The van der Waals surface area contributed by atoms with Crippen LogP contribution in [0.1, 0.15) is 11.1 Å². The molecule has 0 bridgehead atoms. The van der Waals surface area contributed by atoms with Crippen LogP contribution in [0.5, 0.6) is 0 Å². The number of benzene rings is 1. The predicted octanol–water partition coefficient (Wildman–Crippen LogP) is 2.94. The molecule has 0 fully saturated rings. The molecule has 0 aliphatic carbocycles. The van der Waals surface area contributed by atoms with Gasteiger partial charge in [-0.15, -0.1) is 0 Å². The third kappa shape index (κ3) is 2.82. The lowest BCUT2D eigenvalue weighted by Crippen LogP contribution is -2.08. The normalized spacial score (nSPS) is 12.0. The van der Waals surface area contributed by atoms with E-state index in [9.17, 15) is 22.4 Å². The molecule has 6 heteroatoms. The largest absolute Gasteiger partial charge is 0.478 e. The molecule has 1 aromatic carbocycles. The van der Waals surface area contributed by atoms with E-state index >= 15 is 0 Å². The van der Waals surface area contributed by atoms with Crippen LogP contribution in [0, 0.1) is 5.82 Å². The third-order valence-corrected chi connectivity index (χ3v) is 1.75. The second kappa shape index (κ2) is 4.34. The van der Waals surface area contributed by atoms with Gasteiger partial charge in [-0.3, -0.25) is 0 Å². The van der Waals surface area contributed by atoms with Crippen molar-refractivity contribution in [2.24, 2.45) is 0 Å². The van der Waals surface area contributed by atoms with Gasteiger partial charge in [0.15, 0.2) is 0 Å². The van der Waals surface area contributed by atoms with Gasteiger partial charge >= 0.3 is 12.1 Å². The molecule has 2 nitrogen and oxygen atoms in total. The Kier molecular flexibility index (Phi) is 3.31. The Bertz CT molecular complexity index is 435. The van der Waals surface area contributed by atoms with Crippen molar-refractivity contribution in [1.29, 1.82) is 0 Å². The second-order valence-corrected chi connectivity index (χ2v) is 2.87. The Labute approximate surface area is 87.8 Å². The Morgan fingerprint density at radius 1 is 1.31 bits per heavy atom. The van der Waals surface area contributed by atoms with Crippen molar-refractivity contribution in [3.8, 4) is 0 Å². The summed E-state index contributed by atoms with van der Waals surface area (Å²) in [6.45, 7) is 0. The first kappa shape index (κ1) is 12.2. The van der Waals surface area contributed by atoms with Gasteiger partial charge in [0, 0.05) is 11.6 Å². The fourth-order valence-corrected chi connectivity index (χ4v) is 1.11. The van der Waals surface area contributed by atoms with Crippen molar-refractivity contribution < 1.29 is 27.5 Å². The summed E-state index contributed by atoms with van der Waals surface area (Å²) in [7, 11) is 0. The van der Waals surface area contributed by atoms with Crippen molar-refractivity contribution >= 4 is 12.0 Å². The highest BCUT2D eigenvalue weighted by Crippen LogP contribution is 2.33. The first-order valence-electron chi connectivity index (χ1n) is 4.09. The molecule has 0 aromatic heterocycles. The minimum Gasteiger partial charge on any atom is -0.478 e. The zero-order valence-corrected chi connectivity index (χ0v) is 7.75. The number of hydrogen-bond donors (Lipinski definition) is 1. The molecule has 0 saturated carbocycles. The maximum atomic E-state index is 13.1. The molecule has 1 aromatic rings. The quantitative estimate of drug-likeness (QED) is 0.631. The number of alkyl halides is 3. The Morgan fingerprint density at radius 3 is 2.44 bits per heavy atom. The highest BCUT2D eigenvalue weighted by Gasteiger charge is 2.33. The fourth-order valence-electron chi connectivity index (χ4n) is 1.11. The van der Waals surface area contributed by atoms with Crippen LogP contribution in [0.2, 0.25) is 0 Å². The van der Waals surface area contributed by atoms with Crippen LogP contribution in [-0.4, -0.2) is 11.1 Å². The number of hydrogen-bond acceptors (Lipinski definition) is 1. The summed E-state index contributed by atoms with van der Waals surface area (Å²) in [4.78, 5) is 10.2. The van der Waals surface area contributed by atoms with E-state index in [0.717, 1.165) is 12.1 Å². The van der Waals surface area contributed by atoms with E-state index in [1.54, 1.807) is 0 Å². The Morgan fingerprint density at radius 2 is 1.94 bits per heavy atom. The average molecular weight is 234 g/mol. The van der Waals surface area contributed by atoms with Crippen molar-refractivity contribution in [3.63, 3.8) is 0 Å². The molecule has 0 spiro atoms. The Balaban J connectivity index is 3.30. The van der Waals surface area contributed by atoms with Gasteiger partial charge in [-0.05, 0) is 18.2 Å².